The second-order valence-corrected chi connectivity index (χ2v) is 5.87. The second-order valence-electron chi connectivity index (χ2n) is 4.80. The number of benzene rings is 1. The fourth-order valence-electron chi connectivity index (χ4n) is 2.14. The minimum absolute atomic E-state index is 0.113. The van der Waals surface area contributed by atoms with Gasteiger partial charge in [0.1, 0.15) is 0 Å². The lowest BCUT2D eigenvalue weighted by molar-refractivity contribution is 0.261. The summed E-state index contributed by atoms with van der Waals surface area (Å²) in [6.07, 6.45) is 9.82. The van der Waals surface area contributed by atoms with Crippen molar-refractivity contribution in [1.82, 2.24) is 5.32 Å². The molecule has 102 valence electrons. The molecule has 1 heterocycles. The number of carbonyl (C=O) groups is 1. The summed E-state index contributed by atoms with van der Waals surface area (Å²) >= 11 is 1.41. The maximum absolute atomic E-state index is 11.6. The van der Waals surface area contributed by atoms with Crippen molar-refractivity contribution < 1.29 is 4.79 Å². The Morgan fingerprint density at radius 1 is 1.11 bits per heavy atom. The minimum atomic E-state index is 0.113. The molecule has 1 aliphatic heterocycles. The highest BCUT2D eigenvalue weighted by Crippen LogP contribution is 2.11. The van der Waals surface area contributed by atoms with E-state index in [1.54, 1.807) is 0 Å². The minimum Gasteiger partial charge on any atom is -0.347 e. The highest BCUT2D eigenvalue weighted by Gasteiger charge is 2.02. The average molecular weight is 275 g/mol. The van der Waals surface area contributed by atoms with Crippen molar-refractivity contribution in [2.24, 2.45) is 0 Å². The van der Waals surface area contributed by atoms with Crippen molar-refractivity contribution in [3.63, 3.8) is 0 Å². The van der Waals surface area contributed by atoms with E-state index in [0.717, 1.165) is 44.4 Å². The predicted molar refractivity (Wildman–Crippen MR) is 82.7 cm³/mol. The van der Waals surface area contributed by atoms with Crippen LogP contribution in [0.25, 0.3) is 0 Å². The van der Waals surface area contributed by atoms with Gasteiger partial charge in [-0.3, -0.25) is 4.79 Å². The molecule has 1 N–H and O–H groups in total. The van der Waals surface area contributed by atoms with Crippen molar-refractivity contribution in [3.05, 3.63) is 47.5 Å². The van der Waals surface area contributed by atoms with Gasteiger partial charge in [-0.1, -0.05) is 48.2 Å². The molecule has 0 aliphatic carbocycles. The highest BCUT2D eigenvalue weighted by atomic mass is 32.2. The van der Waals surface area contributed by atoms with Gasteiger partial charge in [-0.2, -0.15) is 0 Å². The Labute approximate surface area is 119 Å². The van der Waals surface area contributed by atoms with Gasteiger partial charge < -0.3 is 5.32 Å². The SMILES string of the molecule is O=C1NCCc2cccc(c2)CC=CCCCCS1. The zero-order chi connectivity index (χ0) is 13.3. The first-order chi connectivity index (χ1) is 9.34. The number of hydrogen-bond donors (Lipinski definition) is 1. The number of rotatable bonds is 0. The zero-order valence-corrected chi connectivity index (χ0v) is 12.0. The van der Waals surface area contributed by atoms with Gasteiger partial charge in [0.15, 0.2) is 0 Å². The number of thioether (sulfide) groups is 1. The smallest absolute Gasteiger partial charge is 0.279 e. The third kappa shape index (κ3) is 5.52. The summed E-state index contributed by atoms with van der Waals surface area (Å²) in [5.74, 6) is 0.924. The summed E-state index contributed by atoms with van der Waals surface area (Å²) in [6.45, 7) is 0.727. The monoisotopic (exact) mass is 275 g/mol. The summed E-state index contributed by atoms with van der Waals surface area (Å²) in [6, 6.07) is 8.64. The summed E-state index contributed by atoms with van der Waals surface area (Å²) in [4.78, 5) is 11.6. The van der Waals surface area contributed by atoms with Crippen LogP contribution in [-0.2, 0) is 12.8 Å². The van der Waals surface area contributed by atoms with Gasteiger partial charge >= 0.3 is 0 Å². The van der Waals surface area contributed by atoms with E-state index in [0.29, 0.717) is 0 Å². The van der Waals surface area contributed by atoms with E-state index in [2.05, 4.69) is 41.7 Å². The Hall–Kier alpha value is -1.22. The molecule has 0 radical (unpaired) electrons. The molecule has 0 spiro atoms. The van der Waals surface area contributed by atoms with Crippen LogP contribution in [0.2, 0.25) is 0 Å². The fraction of sp³-hybridized carbons (Fsp3) is 0.438. The van der Waals surface area contributed by atoms with E-state index in [-0.39, 0.29) is 5.24 Å². The number of carbonyl (C=O) groups excluding carboxylic acids is 1. The summed E-state index contributed by atoms with van der Waals surface area (Å²) in [5, 5.41) is 3.08. The first-order valence-electron chi connectivity index (χ1n) is 6.98. The molecular weight excluding hydrogens is 254 g/mol. The number of nitrogens with one attached hydrogen (secondary N) is 1. The summed E-state index contributed by atoms with van der Waals surface area (Å²) < 4.78 is 0. The molecule has 1 aliphatic rings. The van der Waals surface area contributed by atoms with E-state index in [4.69, 9.17) is 0 Å². The van der Waals surface area contributed by atoms with E-state index in [9.17, 15) is 4.79 Å². The third-order valence-corrected chi connectivity index (χ3v) is 4.09. The molecule has 0 aromatic heterocycles. The van der Waals surface area contributed by atoms with E-state index in [1.165, 1.54) is 22.9 Å². The van der Waals surface area contributed by atoms with Crippen molar-refractivity contribution in [1.29, 1.82) is 0 Å². The summed E-state index contributed by atoms with van der Waals surface area (Å²) in [7, 11) is 0. The van der Waals surface area contributed by atoms with Crippen molar-refractivity contribution >= 4 is 17.0 Å². The standard InChI is InChI=1S/C16H21NOS/c18-16-17-11-10-15-9-6-8-14(13-15)7-4-2-1-3-5-12-19-16/h2,4,6,8-9,13H,1,3,5,7,10-12H2,(H,17,18). The molecular formula is C16H21NOS. The Bertz CT molecular complexity index is 442. The lowest BCUT2D eigenvalue weighted by Gasteiger charge is -2.06. The Morgan fingerprint density at radius 3 is 2.95 bits per heavy atom. The van der Waals surface area contributed by atoms with E-state index in [1.807, 2.05) is 0 Å². The normalized spacial score (nSPS) is 18.2. The predicted octanol–water partition coefficient (Wildman–Crippen LogP) is 3.95. The van der Waals surface area contributed by atoms with Crippen LogP contribution < -0.4 is 5.32 Å². The first kappa shape index (κ1) is 14.2. The molecule has 3 heteroatoms. The molecule has 2 nitrogen and oxygen atoms in total. The van der Waals surface area contributed by atoms with Crippen molar-refractivity contribution in [3.8, 4) is 0 Å². The zero-order valence-electron chi connectivity index (χ0n) is 11.2. The molecule has 0 saturated heterocycles. The number of allylic oxidation sites excluding steroid dienone is 2. The maximum atomic E-state index is 11.6. The molecule has 0 atom stereocenters. The van der Waals surface area contributed by atoms with Gasteiger partial charge in [0, 0.05) is 12.3 Å². The molecule has 0 unspecified atom stereocenters. The topological polar surface area (TPSA) is 29.1 Å². The Balaban J connectivity index is 1.99. The van der Waals surface area contributed by atoms with Crippen molar-refractivity contribution in [2.45, 2.75) is 32.1 Å². The molecule has 0 fully saturated rings. The first-order valence-corrected chi connectivity index (χ1v) is 7.96. The van der Waals surface area contributed by atoms with Crippen LogP contribution in [0, 0.1) is 0 Å². The average Bonchev–Trinajstić information content (AvgIpc) is 2.42. The van der Waals surface area contributed by atoms with Crippen LogP contribution in [-0.4, -0.2) is 17.5 Å². The van der Waals surface area contributed by atoms with Crippen LogP contribution >= 0.6 is 11.8 Å². The van der Waals surface area contributed by atoms with Crippen molar-refractivity contribution in [2.75, 3.05) is 12.3 Å². The highest BCUT2D eigenvalue weighted by molar-refractivity contribution is 8.13. The van der Waals surface area contributed by atoms with Gasteiger partial charge in [-0.05, 0) is 43.2 Å². The fourth-order valence-corrected chi connectivity index (χ4v) is 2.88. The molecule has 1 amide bonds. The van der Waals surface area contributed by atoms with Crippen LogP contribution in [0.15, 0.2) is 36.4 Å². The van der Waals surface area contributed by atoms with Gasteiger partial charge in [0.05, 0.1) is 0 Å². The Kier molecular flexibility index (Phi) is 6.02. The molecule has 1 aromatic rings. The van der Waals surface area contributed by atoms with Gasteiger partial charge in [-0.25, -0.2) is 0 Å². The van der Waals surface area contributed by atoms with Gasteiger partial charge in [0.2, 0.25) is 0 Å². The summed E-state index contributed by atoms with van der Waals surface area (Å²) in [5.41, 5.74) is 2.65. The van der Waals surface area contributed by atoms with Crippen LogP contribution in [0.5, 0.6) is 0 Å². The van der Waals surface area contributed by atoms with Gasteiger partial charge in [-0.15, -0.1) is 0 Å². The van der Waals surface area contributed by atoms with Crippen LogP contribution in [0.3, 0.4) is 0 Å². The van der Waals surface area contributed by atoms with E-state index < -0.39 is 0 Å². The number of fused-ring (bicyclic) bond motifs is 2. The lowest BCUT2D eigenvalue weighted by Crippen LogP contribution is -2.21. The van der Waals surface area contributed by atoms with Gasteiger partial charge in [0.25, 0.3) is 5.24 Å². The number of hydrogen-bond acceptors (Lipinski definition) is 2. The van der Waals surface area contributed by atoms with Crippen LogP contribution in [0.4, 0.5) is 4.79 Å². The lowest BCUT2D eigenvalue weighted by atomic mass is 10.1. The van der Waals surface area contributed by atoms with Crippen LogP contribution in [0.1, 0.15) is 30.4 Å². The number of amides is 1. The molecule has 2 rings (SSSR count). The largest absolute Gasteiger partial charge is 0.347 e. The van der Waals surface area contributed by atoms with E-state index >= 15 is 0 Å². The molecule has 0 saturated carbocycles. The Morgan fingerprint density at radius 2 is 2.00 bits per heavy atom. The molecule has 2 bridgehead atoms. The second kappa shape index (κ2) is 8.05. The molecule has 1 aromatic carbocycles. The quantitative estimate of drug-likeness (QED) is 0.726. The maximum Gasteiger partial charge on any atom is 0.279 e. The third-order valence-electron chi connectivity index (χ3n) is 3.19. The molecule has 19 heavy (non-hydrogen) atoms.